The zero-order valence-electron chi connectivity index (χ0n) is 36.6. The van der Waals surface area contributed by atoms with Gasteiger partial charge in [0.2, 0.25) is 0 Å². The topological polar surface area (TPSA) is 132 Å². The van der Waals surface area contributed by atoms with Crippen molar-refractivity contribution in [2.45, 2.75) is 186 Å². The first-order chi connectivity index (χ1) is 26.7. The lowest BCUT2D eigenvalue weighted by atomic mass is 9.71. The van der Waals surface area contributed by atoms with Crippen LogP contribution in [0.4, 0.5) is 9.59 Å². The lowest BCUT2D eigenvalue weighted by Crippen LogP contribution is -2.52. The quantitative estimate of drug-likeness (QED) is 0.215. The van der Waals surface area contributed by atoms with Crippen LogP contribution in [-0.4, -0.2) is 75.4 Å². The summed E-state index contributed by atoms with van der Waals surface area (Å²) in [6.45, 7) is 25.9. The number of halogens is 1. The van der Waals surface area contributed by atoms with Crippen molar-refractivity contribution in [1.29, 1.82) is 10.5 Å². The highest BCUT2D eigenvalue weighted by molar-refractivity contribution is 9.10. The van der Waals surface area contributed by atoms with Crippen molar-refractivity contribution in [2.75, 3.05) is 0 Å². The first kappa shape index (κ1) is 47.5. The van der Waals surface area contributed by atoms with E-state index in [9.17, 15) is 20.1 Å². The van der Waals surface area contributed by atoms with Crippen LogP contribution in [0.5, 0.6) is 0 Å². The van der Waals surface area contributed by atoms with E-state index in [2.05, 4.69) is 69.1 Å². The van der Waals surface area contributed by atoms with Gasteiger partial charge in [-0.15, -0.1) is 5.54 Å². The standard InChI is InChI=1S/C23H31N3O2Si.C18H22BrN3O2.2C2H6/c1-22(2,3)28-21(27)26-19-7-8-20(26)13-23(12-19,16-24)18-11-17(14-25-15-18)9-10-29(4,5)6;1-17(2,3)24-16(23)22-14-4-5-15(22)8-18(7-14,11-20)12-6-13(19)10-21-9-12;2*1-2/h11,14-15,19-20H,7-8,12-13H2,1-6H3;6,9-10,14-15H,4-5,7-8H2,1-3H3;2*1-2H3/t19-,20+,23?;14-,15+,18?;;. The van der Waals surface area contributed by atoms with E-state index in [1.165, 1.54) is 0 Å². The zero-order valence-corrected chi connectivity index (χ0v) is 39.2. The molecule has 12 heteroatoms. The minimum Gasteiger partial charge on any atom is -0.444 e. The molecule has 310 valence electrons. The Kier molecular flexibility index (Phi) is 16.0. The summed E-state index contributed by atoms with van der Waals surface area (Å²) in [5.74, 6) is 3.25. The molecule has 2 aromatic heterocycles. The molecule has 4 aliphatic rings. The van der Waals surface area contributed by atoms with Crippen LogP contribution in [0.2, 0.25) is 19.6 Å². The first-order valence-electron chi connectivity index (χ1n) is 20.6. The van der Waals surface area contributed by atoms with Gasteiger partial charge in [-0.3, -0.25) is 9.97 Å². The molecule has 2 aromatic rings. The summed E-state index contributed by atoms with van der Waals surface area (Å²) in [7, 11) is -1.49. The summed E-state index contributed by atoms with van der Waals surface area (Å²) >= 11 is 3.44. The minimum absolute atomic E-state index is 0.0278. The van der Waals surface area contributed by atoms with Gasteiger partial charge in [0.15, 0.2) is 0 Å². The average Bonchev–Trinajstić information content (AvgIpc) is 3.59. The zero-order chi connectivity index (χ0) is 43.0. The van der Waals surface area contributed by atoms with Crippen LogP contribution in [0.1, 0.15) is 137 Å². The molecule has 6 heterocycles. The highest BCUT2D eigenvalue weighted by Crippen LogP contribution is 2.49. The third-order valence-electron chi connectivity index (χ3n) is 10.3. The second-order valence-electron chi connectivity index (χ2n) is 18.1. The van der Waals surface area contributed by atoms with Gasteiger partial charge in [-0.2, -0.15) is 10.5 Å². The Labute approximate surface area is 352 Å². The number of piperidine rings is 2. The van der Waals surface area contributed by atoms with E-state index in [0.717, 1.165) is 46.8 Å². The molecule has 6 rings (SSSR count). The third-order valence-corrected chi connectivity index (χ3v) is 11.7. The second kappa shape index (κ2) is 19.2. The van der Waals surface area contributed by atoms with Crippen molar-refractivity contribution in [3.05, 3.63) is 58.1 Å². The molecule has 2 amide bonds. The summed E-state index contributed by atoms with van der Waals surface area (Å²) in [5, 5.41) is 20.1. The fourth-order valence-corrected chi connectivity index (χ4v) is 9.10. The number of rotatable bonds is 2. The van der Waals surface area contributed by atoms with E-state index in [0.29, 0.717) is 25.7 Å². The summed E-state index contributed by atoms with van der Waals surface area (Å²) in [5.41, 5.74) is 3.84. The van der Waals surface area contributed by atoms with E-state index in [-0.39, 0.29) is 36.4 Å². The van der Waals surface area contributed by atoms with Crippen molar-refractivity contribution in [3.63, 3.8) is 0 Å². The Morgan fingerprint density at radius 2 is 1.07 bits per heavy atom. The fourth-order valence-electron chi connectivity index (χ4n) is 8.21. The fraction of sp³-hybridized carbons (Fsp3) is 0.644. The molecular weight excluding hydrogens is 797 g/mol. The number of carbonyl (C=O) groups is 2. The van der Waals surface area contributed by atoms with Gasteiger partial charge in [0.25, 0.3) is 0 Å². The van der Waals surface area contributed by atoms with Gasteiger partial charge in [-0.1, -0.05) is 53.3 Å². The number of carbonyl (C=O) groups excluding carboxylic acids is 2. The van der Waals surface area contributed by atoms with Gasteiger partial charge in [0.1, 0.15) is 19.3 Å². The molecule has 4 aliphatic heterocycles. The molecule has 4 saturated heterocycles. The molecule has 0 saturated carbocycles. The van der Waals surface area contributed by atoms with Crippen LogP contribution in [0.15, 0.2) is 41.4 Å². The number of nitrogens with zero attached hydrogens (tertiary/aromatic N) is 6. The lowest BCUT2D eigenvalue weighted by Gasteiger charge is -2.43. The van der Waals surface area contributed by atoms with Crippen LogP contribution in [-0.2, 0) is 20.3 Å². The Morgan fingerprint density at radius 1 is 0.702 bits per heavy atom. The average molecular weight is 862 g/mol. The predicted molar refractivity (Wildman–Crippen MR) is 232 cm³/mol. The predicted octanol–water partition coefficient (Wildman–Crippen LogP) is 10.9. The maximum absolute atomic E-state index is 12.7. The van der Waals surface area contributed by atoms with E-state index >= 15 is 0 Å². The number of nitriles is 2. The van der Waals surface area contributed by atoms with Crippen molar-refractivity contribution in [3.8, 4) is 23.6 Å². The Balaban J connectivity index is 0.000000285. The molecule has 0 aliphatic carbocycles. The highest BCUT2D eigenvalue weighted by Gasteiger charge is 2.53. The third kappa shape index (κ3) is 12.1. The smallest absolute Gasteiger partial charge is 0.410 e. The second-order valence-corrected chi connectivity index (χ2v) is 23.8. The molecule has 0 N–H and O–H groups in total. The molecular formula is C45H65BrN6O4Si. The highest BCUT2D eigenvalue weighted by atomic mass is 79.9. The van der Waals surface area contributed by atoms with Crippen LogP contribution in [0, 0.1) is 34.1 Å². The van der Waals surface area contributed by atoms with Gasteiger partial charge in [-0.25, -0.2) is 9.59 Å². The maximum atomic E-state index is 12.7. The number of fused-ring (bicyclic) bond motifs is 4. The molecule has 6 atom stereocenters. The number of aromatic nitrogens is 2. The van der Waals surface area contributed by atoms with Crippen LogP contribution in [0.3, 0.4) is 0 Å². The molecule has 4 fully saturated rings. The molecule has 2 unspecified atom stereocenters. The Bertz CT molecular complexity index is 1830. The monoisotopic (exact) mass is 860 g/mol. The molecule has 0 aromatic carbocycles. The van der Waals surface area contributed by atoms with E-state index < -0.39 is 30.1 Å². The summed E-state index contributed by atoms with van der Waals surface area (Å²) in [4.78, 5) is 37.7. The summed E-state index contributed by atoms with van der Waals surface area (Å²) in [6, 6.07) is 9.27. The molecule has 10 nitrogen and oxygen atoms in total. The Hall–Kier alpha value is -3.92. The molecule has 0 spiro atoms. The van der Waals surface area contributed by atoms with Crippen molar-refractivity contribution >= 4 is 36.2 Å². The summed E-state index contributed by atoms with van der Waals surface area (Å²) < 4.78 is 12.1. The van der Waals surface area contributed by atoms with Crippen LogP contribution in [0.25, 0.3) is 0 Å². The van der Waals surface area contributed by atoms with Gasteiger partial charge >= 0.3 is 12.2 Å². The number of pyridine rings is 2. The van der Waals surface area contributed by atoms with Gasteiger partial charge in [-0.05, 0) is 132 Å². The van der Waals surface area contributed by atoms with Crippen molar-refractivity contribution < 1.29 is 19.1 Å². The maximum Gasteiger partial charge on any atom is 0.410 e. The van der Waals surface area contributed by atoms with Crippen LogP contribution < -0.4 is 0 Å². The van der Waals surface area contributed by atoms with Crippen molar-refractivity contribution in [1.82, 2.24) is 19.8 Å². The minimum atomic E-state index is -1.49. The van der Waals surface area contributed by atoms with Crippen molar-refractivity contribution in [2.24, 2.45) is 0 Å². The number of ether oxygens (including phenoxy) is 2. The van der Waals surface area contributed by atoms with E-state index in [1.54, 1.807) is 24.8 Å². The lowest BCUT2D eigenvalue weighted by molar-refractivity contribution is 0.00119. The number of hydrogen-bond donors (Lipinski definition) is 0. The van der Waals surface area contributed by atoms with Gasteiger partial charge < -0.3 is 19.3 Å². The van der Waals surface area contributed by atoms with Gasteiger partial charge in [0, 0.05) is 59.0 Å². The molecule has 0 radical (unpaired) electrons. The molecule has 57 heavy (non-hydrogen) atoms. The largest absolute Gasteiger partial charge is 0.444 e. The van der Waals surface area contributed by atoms with E-state index in [4.69, 9.17) is 9.47 Å². The first-order valence-corrected chi connectivity index (χ1v) is 24.9. The summed E-state index contributed by atoms with van der Waals surface area (Å²) in [6.07, 6.45) is 12.7. The van der Waals surface area contributed by atoms with Gasteiger partial charge in [0.05, 0.1) is 23.0 Å². The number of amides is 2. The Morgan fingerprint density at radius 3 is 1.40 bits per heavy atom. The normalized spacial score (nSPS) is 25.9. The van der Waals surface area contributed by atoms with Crippen LogP contribution >= 0.6 is 15.9 Å². The van der Waals surface area contributed by atoms with E-state index in [1.807, 2.05) is 91.2 Å². The SMILES string of the molecule is CC.CC.CC(C)(C)OC(=O)N1[C@@H]2CC[C@H]1CC(C#N)(c1cncc(Br)c1)C2.CC(C)(C)OC(=O)N1[C@@H]2CC[C@H]1CC(C#N)(c1cncc(C#C[Si](C)(C)C)c1)C2. The number of hydrogen-bond acceptors (Lipinski definition) is 8. The molecule has 4 bridgehead atoms.